The van der Waals surface area contributed by atoms with Crippen molar-refractivity contribution in [2.24, 2.45) is 0 Å². The first-order valence-corrected chi connectivity index (χ1v) is 8.37. The Labute approximate surface area is 147 Å². The van der Waals surface area contributed by atoms with E-state index < -0.39 is 0 Å². The Morgan fingerprint density at radius 2 is 1.92 bits per heavy atom. The maximum absolute atomic E-state index is 6.06. The zero-order chi connectivity index (χ0) is 16.9. The quantitative estimate of drug-likeness (QED) is 0.650. The van der Waals surface area contributed by atoms with Gasteiger partial charge in [-0.15, -0.1) is 0 Å². The molecule has 0 saturated heterocycles. The molecule has 1 aromatic carbocycles. The van der Waals surface area contributed by atoms with Gasteiger partial charge in [0.25, 0.3) is 0 Å². The highest BCUT2D eigenvalue weighted by atomic mass is 35.5. The van der Waals surface area contributed by atoms with E-state index >= 15 is 0 Å². The van der Waals surface area contributed by atoms with Gasteiger partial charge in [-0.1, -0.05) is 24.6 Å². The molecule has 0 aliphatic rings. The number of benzene rings is 1. The van der Waals surface area contributed by atoms with Gasteiger partial charge in [0.05, 0.1) is 5.69 Å². The summed E-state index contributed by atoms with van der Waals surface area (Å²) < 4.78 is 5.84. The van der Waals surface area contributed by atoms with E-state index in [-0.39, 0.29) is 0 Å². The fraction of sp³-hybridized carbons (Fsp3) is 0.263. The van der Waals surface area contributed by atoms with E-state index in [9.17, 15) is 0 Å². The second kappa shape index (κ2) is 7.60. The maximum Gasteiger partial charge on any atom is 0.226 e. The summed E-state index contributed by atoms with van der Waals surface area (Å²) >= 11 is 6.06. The Bertz CT molecular complexity index is 801. The molecule has 3 rings (SSSR count). The molecule has 24 heavy (non-hydrogen) atoms. The van der Waals surface area contributed by atoms with Gasteiger partial charge in [0, 0.05) is 36.1 Å². The molecule has 0 spiro atoms. The molecule has 0 radical (unpaired) electrons. The summed E-state index contributed by atoms with van der Waals surface area (Å²) in [4.78, 5) is 11.1. The number of oxazole rings is 1. The lowest BCUT2D eigenvalue weighted by Gasteiger charge is -2.19. The van der Waals surface area contributed by atoms with E-state index in [0.29, 0.717) is 10.9 Å². The van der Waals surface area contributed by atoms with Crippen LogP contribution in [0.5, 0.6) is 0 Å². The normalized spacial score (nSPS) is 11.2. The van der Waals surface area contributed by atoms with Gasteiger partial charge >= 0.3 is 0 Å². The molecule has 0 saturated carbocycles. The predicted molar refractivity (Wildman–Crippen MR) is 95.7 cm³/mol. The van der Waals surface area contributed by atoms with E-state index in [4.69, 9.17) is 16.0 Å². The summed E-state index contributed by atoms with van der Waals surface area (Å²) in [5, 5.41) is 0.678. The van der Waals surface area contributed by atoms with Gasteiger partial charge in [0.1, 0.15) is 5.76 Å². The zero-order valence-electron chi connectivity index (χ0n) is 13.9. The van der Waals surface area contributed by atoms with E-state index in [1.165, 1.54) is 5.56 Å². The van der Waals surface area contributed by atoms with Crippen LogP contribution in [-0.2, 0) is 13.1 Å². The Morgan fingerprint density at radius 3 is 2.62 bits per heavy atom. The van der Waals surface area contributed by atoms with Crippen molar-refractivity contribution in [1.29, 1.82) is 0 Å². The molecule has 0 aliphatic carbocycles. The number of halogens is 1. The van der Waals surface area contributed by atoms with Crippen LogP contribution in [0.2, 0.25) is 5.02 Å². The van der Waals surface area contributed by atoms with Crippen molar-refractivity contribution < 1.29 is 4.42 Å². The average molecular weight is 342 g/mol. The summed E-state index contributed by atoms with van der Waals surface area (Å²) in [5.41, 5.74) is 3.10. The first-order chi connectivity index (χ1) is 11.7. The van der Waals surface area contributed by atoms with Crippen molar-refractivity contribution in [3.05, 3.63) is 70.8 Å². The van der Waals surface area contributed by atoms with Crippen molar-refractivity contribution in [3.8, 4) is 11.5 Å². The topological polar surface area (TPSA) is 42.2 Å². The van der Waals surface area contributed by atoms with E-state index in [2.05, 4.69) is 21.8 Å². The number of pyridine rings is 1. The molecule has 0 atom stereocenters. The molecule has 0 fully saturated rings. The van der Waals surface area contributed by atoms with Gasteiger partial charge in [-0.2, -0.15) is 0 Å². The van der Waals surface area contributed by atoms with E-state index in [1.54, 1.807) is 0 Å². The highest BCUT2D eigenvalue weighted by Crippen LogP contribution is 2.25. The van der Waals surface area contributed by atoms with E-state index in [0.717, 1.165) is 36.7 Å². The molecule has 5 heteroatoms. The fourth-order valence-electron chi connectivity index (χ4n) is 2.56. The Kier molecular flexibility index (Phi) is 5.28. The number of hydrogen-bond donors (Lipinski definition) is 0. The van der Waals surface area contributed by atoms with Crippen LogP contribution >= 0.6 is 11.6 Å². The van der Waals surface area contributed by atoms with Gasteiger partial charge in [-0.3, -0.25) is 9.88 Å². The molecule has 0 unspecified atom stereocenters. The first-order valence-electron chi connectivity index (χ1n) is 7.99. The molecule has 0 aliphatic heterocycles. The molecule has 0 bridgehead atoms. The van der Waals surface area contributed by atoms with Crippen LogP contribution in [0.3, 0.4) is 0 Å². The van der Waals surface area contributed by atoms with Crippen LogP contribution in [0.25, 0.3) is 11.5 Å². The number of aryl methyl sites for hydroxylation is 1. The standard InChI is InChI=1S/C19H20ClN3O/c1-3-23(12-15-7-9-21-10-8-15)13-18-14(2)24-19(22-18)16-5-4-6-17(20)11-16/h4-11H,3,12-13H2,1-2H3. The Morgan fingerprint density at radius 1 is 1.12 bits per heavy atom. The highest BCUT2D eigenvalue weighted by Gasteiger charge is 2.14. The molecular formula is C19H20ClN3O. The average Bonchev–Trinajstić information content (AvgIpc) is 2.96. The van der Waals surface area contributed by atoms with Crippen LogP contribution in [0.15, 0.2) is 53.2 Å². The second-order valence-electron chi connectivity index (χ2n) is 5.69. The molecule has 124 valence electrons. The van der Waals surface area contributed by atoms with E-state index in [1.807, 2.05) is 55.7 Å². The van der Waals surface area contributed by atoms with Crippen molar-refractivity contribution in [1.82, 2.24) is 14.9 Å². The Balaban J connectivity index is 1.77. The van der Waals surface area contributed by atoms with Crippen molar-refractivity contribution in [2.45, 2.75) is 26.9 Å². The minimum absolute atomic E-state index is 0.616. The lowest BCUT2D eigenvalue weighted by Crippen LogP contribution is -2.22. The number of hydrogen-bond acceptors (Lipinski definition) is 4. The Hall–Kier alpha value is -2.17. The third-order valence-electron chi connectivity index (χ3n) is 3.94. The van der Waals surface area contributed by atoms with Crippen LogP contribution < -0.4 is 0 Å². The summed E-state index contributed by atoms with van der Waals surface area (Å²) in [6.45, 7) is 6.64. The zero-order valence-corrected chi connectivity index (χ0v) is 14.6. The summed E-state index contributed by atoms with van der Waals surface area (Å²) in [7, 11) is 0. The number of rotatable bonds is 6. The molecule has 2 heterocycles. The maximum atomic E-state index is 6.06. The minimum Gasteiger partial charge on any atom is -0.441 e. The lowest BCUT2D eigenvalue weighted by molar-refractivity contribution is 0.267. The van der Waals surface area contributed by atoms with Crippen LogP contribution in [0.1, 0.15) is 23.9 Å². The second-order valence-corrected chi connectivity index (χ2v) is 6.13. The van der Waals surface area contributed by atoms with Gasteiger partial charge < -0.3 is 4.42 Å². The number of nitrogens with zero attached hydrogens (tertiary/aromatic N) is 3. The fourth-order valence-corrected chi connectivity index (χ4v) is 2.75. The predicted octanol–water partition coefficient (Wildman–Crippen LogP) is 4.72. The van der Waals surface area contributed by atoms with Gasteiger partial charge in [0.2, 0.25) is 5.89 Å². The largest absolute Gasteiger partial charge is 0.441 e. The van der Waals surface area contributed by atoms with Gasteiger partial charge in [0.15, 0.2) is 0 Å². The number of aromatic nitrogens is 2. The third kappa shape index (κ3) is 4.02. The highest BCUT2D eigenvalue weighted by molar-refractivity contribution is 6.30. The van der Waals surface area contributed by atoms with Gasteiger partial charge in [-0.25, -0.2) is 4.98 Å². The van der Waals surface area contributed by atoms with Crippen molar-refractivity contribution >= 4 is 11.6 Å². The lowest BCUT2D eigenvalue weighted by atomic mass is 10.2. The van der Waals surface area contributed by atoms with Crippen LogP contribution in [-0.4, -0.2) is 21.4 Å². The molecule has 4 nitrogen and oxygen atoms in total. The SMILES string of the molecule is CCN(Cc1ccncc1)Cc1nc(-c2cccc(Cl)c2)oc1C. The molecule has 2 aromatic heterocycles. The molecule has 0 N–H and O–H groups in total. The molecule has 3 aromatic rings. The molecule has 0 amide bonds. The summed E-state index contributed by atoms with van der Waals surface area (Å²) in [6, 6.07) is 11.6. The first kappa shape index (κ1) is 16.7. The minimum atomic E-state index is 0.616. The smallest absolute Gasteiger partial charge is 0.226 e. The molecular weight excluding hydrogens is 322 g/mol. The summed E-state index contributed by atoms with van der Waals surface area (Å²) in [5.74, 6) is 1.46. The van der Waals surface area contributed by atoms with Crippen molar-refractivity contribution in [3.63, 3.8) is 0 Å². The van der Waals surface area contributed by atoms with Gasteiger partial charge in [-0.05, 0) is 49.4 Å². The monoisotopic (exact) mass is 341 g/mol. The van der Waals surface area contributed by atoms with Crippen LogP contribution in [0, 0.1) is 6.92 Å². The third-order valence-corrected chi connectivity index (χ3v) is 4.18. The van der Waals surface area contributed by atoms with Crippen molar-refractivity contribution in [2.75, 3.05) is 6.54 Å². The van der Waals surface area contributed by atoms with Crippen LogP contribution in [0.4, 0.5) is 0 Å². The summed E-state index contributed by atoms with van der Waals surface area (Å²) in [6.07, 6.45) is 3.64.